The number of hydrogen-bond donors (Lipinski definition) is 17. The molecule has 0 unspecified atom stereocenters. The summed E-state index contributed by atoms with van der Waals surface area (Å²) in [6.07, 6.45) is -4.67. The summed E-state index contributed by atoms with van der Waals surface area (Å²) in [5.74, 6) is -15.8. The van der Waals surface area contributed by atoms with Gasteiger partial charge in [0.1, 0.15) is 54.9 Å². The quantitative estimate of drug-likeness (QED) is 0.0174. The van der Waals surface area contributed by atoms with E-state index in [0.717, 1.165) is 29.2 Å². The minimum atomic E-state index is -1.88. The van der Waals surface area contributed by atoms with Gasteiger partial charge in [0.2, 0.25) is 47.3 Å². The number of carbonyl (C=O) groups excluding carboxylic acids is 9. The van der Waals surface area contributed by atoms with E-state index < -0.39 is 170 Å². The van der Waals surface area contributed by atoms with Crippen molar-refractivity contribution in [1.82, 2.24) is 42.5 Å². The minimum absolute atomic E-state index is 0.0148. The number of benzene rings is 2. The summed E-state index contributed by atoms with van der Waals surface area (Å²) in [6.45, 7) is 0.752. The Morgan fingerprint density at radius 2 is 0.885 bits per heavy atom. The highest BCUT2D eigenvalue weighted by Crippen LogP contribution is 2.44. The standard InChI is InChI=1S/C53H75N15O18S/c1-26(43(76)67-38(50(83)84)24-42(74)75)61-44(77)32(13-7-20-59-51(55)56)62-45(78)33(14-8-21-60-52(57)58)63-46(79)34(15-17-39(54)69)64-48(81)36(19-22-87-2)66-47(80)35(16-18-40(70)71)65-49(82)37(23-41(72)73)68-53(85)86-25-31-29-11-5-3-9-27(29)28-10-4-6-12-30(28)31/h3-6,9-12,26,31-38H,7-8,13-25H2,1-2H3,(H2,54,69)(H,61,77)(H,62,78)(H,63,79)(H,64,81)(H,65,82)(H,66,80)(H,67,76)(H,68,85)(H,70,71)(H,72,73)(H,74,75)(H,83,84)(H4,55,56,59)(H4,57,58,60)/t26-,32-,33-,34-,35-,36-,37-,38-/m0/s1. The minimum Gasteiger partial charge on any atom is -0.481 e. The van der Waals surface area contributed by atoms with Gasteiger partial charge in [-0.2, -0.15) is 11.8 Å². The topological polar surface area (TPSA) is 563 Å². The van der Waals surface area contributed by atoms with E-state index in [1.165, 1.54) is 11.8 Å². The molecule has 0 spiro atoms. The lowest BCUT2D eigenvalue weighted by atomic mass is 9.98. The van der Waals surface area contributed by atoms with Crippen molar-refractivity contribution in [2.24, 2.45) is 38.7 Å². The van der Waals surface area contributed by atoms with E-state index in [-0.39, 0.29) is 69.5 Å². The maximum atomic E-state index is 14.3. The molecule has 0 saturated heterocycles. The SMILES string of the molecule is CSCC[C@H](NC(=O)[C@H](CCC(=O)O)NC(=O)[C@H](CC(=O)O)NC(=O)OCC1c2ccccc2-c2ccccc21)C(=O)N[C@@H](CCC(N)=O)C(=O)N[C@@H](CCCN=C(N)N)C(=O)N[C@@H](CCCN=C(N)N)C(=O)N[C@@H](C)C(=O)N[C@@H](CC(=O)O)C(=O)O. The third kappa shape index (κ3) is 25.2. The Kier molecular flexibility index (Phi) is 29.7. The van der Waals surface area contributed by atoms with Crippen molar-refractivity contribution in [2.45, 2.75) is 132 Å². The molecule has 33 nitrogen and oxygen atoms in total. The zero-order valence-electron chi connectivity index (χ0n) is 47.6. The van der Waals surface area contributed by atoms with Crippen LogP contribution in [0.15, 0.2) is 58.5 Å². The first-order chi connectivity index (χ1) is 41.1. The molecule has 0 bridgehead atoms. The van der Waals surface area contributed by atoms with Crippen molar-refractivity contribution in [2.75, 3.05) is 31.7 Å². The lowest BCUT2D eigenvalue weighted by molar-refractivity contribution is -0.147. The number of nitrogens with one attached hydrogen (secondary N) is 8. The number of nitrogens with two attached hydrogens (primary N) is 5. The molecule has 22 N–H and O–H groups in total. The number of carbonyl (C=O) groups is 13. The maximum absolute atomic E-state index is 14.3. The van der Waals surface area contributed by atoms with Crippen LogP contribution in [0.4, 0.5) is 4.79 Å². The van der Waals surface area contributed by atoms with Crippen LogP contribution in [-0.2, 0) is 62.3 Å². The predicted octanol–water partition coefficient (Wildman–Crippen LogP) is -3.67. The van der Waals surface area contributed by atoms with Crippen molar-refractivity contribution in [3.8, 4) is 11.1 Å². The van der Waals surface area contributed by atoms with Gasteiger partial charge in [-0.25, -0.2) is 9.59 Å². The number of carboxylic acids is 4. The number of aliphatic carboxylic acids is 4. The normalized spacial score (nSPS) is 14.0. The molecule has 0 heterocycles. The van der Waals surface area contributed by atoms with E-state index in [4.69, 9.17) is 38.5 Å². The van der Waals surface area contributed by atoms with Crippen LogP contribution in [0.2, 0.25) is 0 Å². The third-order valence-corrected chi connectivity index (χ3v) is 13.7. The molecule has 1 aliphatic carbocycles. The highest BCUT2D eigenvalue weighted by Gasteiger charge is 2.36. The largest absolute Gasteiger partial charge is 0.481 e. The Labute approximate surface area is 502 Å². The number of ether oxygens (including phenoxy) is 1. The lowest BCUT2D eigenvalue weighted by Gasteiger charge is -2.28. The summed E-state index contributed by atoms with van der Waals surface area (Å²) >= 11 is 1.21. The van der Waals surface area contributed by atoms with Gasteiger partial charge in [-0.05, 0) is 86.1 Å². The van der Waals surface area contributed by atoms with Crippen molar-refractivity contribution >= 4 is 101 Å². The molecule has 0 saturated carbocycles. The molecule has 0 fully saturated rings. The number of aliphatic imine (C=N–C) groups is 2. The first kappa shape index (κ1) is 71.5. The Balaban J connectivity index is 1.89. The van der Waals surface area contributed by atoms with E-state index in [1.807, 2.05) is 53.8 Å². The highest BCUT2D eigenvalue weighted by molar-refractivity contribution is 7.98. The summed E-state index contributed by atoms with van der Waals surface area (Å²) in [5.41, 5.74) is 30.8. The molecule has 0 aromatic heterocycles. The van der Waals surface area contributed by atoms with Gasteiger partial charge in [0.25, 0.3) is 0 Å². The maximum Gasteiger partial charge on any atom is 0.407 e. The van der Waals surface area contributed by atoms with Gasteiger partial charge >= 0.3 is 30.0 Å². The molecule has 0 radical (unpaired) electrons. The number of carboxylic acid groups (broad SMARTS) is 4. The molecule has 0 aliphatic heterocycles. The fraction of sp³-hybridized carbons (Fsp3) is 0.491. The van der Waals surface area contributed by atoms with Crippen molar-refractivity contribution in [1.29, 1.82) is 0 Å². The van der Waals surface area contributed by atoms with Crippen molar-refractivity contribution in [3.05, 3.63) is 59.7 Å². The molecular formula is C53H75N15O18S. The number of hydrogen-bond acceptors (Lipinski definition) is 17. The molecule has 3 rings (SSSR count). The summed E-state index contributed by atoms with van der Waals surface area (Å²) in [5, 5.41) is 56.4. The molecule has 87 heavy (non-hydrogen) atoms. The number of rotatable bonds is 39. The van der Waals surface area contributed by atoms with E-state index >= 15 is 0 Å². The number of nitrogens with zero attached hydrogens (tertiary/aromatic N) is 2. The summed E-state index contributed by atoms with van der Waals surface area (Å²) in [4.78, 5) is 177. The summed E-state index contributed by atoms with van der Waals surface area (Å²) in [6, 6.07) is 1.35. The van der Waals surface area contributed by atoms with Crippen LogP contribution in [0.5, 0.6) is 0 Å². The number of primary amides is 1. The van der Waals surface area contributed by atoms with Gasteiger partial charge in [0.05, 0.1) is 12.8 Å². The number of guanidine groups is 2. The van der Waals surface area contributed by atoms with E-state index in [0.29, 0.717) is 0 Å². The average Bonchev–Trinajstić information content (AvgIpc) is 1.74. The zero-order chi connectivity index (χ0) is 64.9. The van der Waals surface area contributed by atoms with Crippen LogP contribution in [-0.4, -0.2) is 190 Å². The second-order valence-electron chi connectivity index (χ2n) is 19.8. The number of alkyl carbamates (subject to hydrolysis) is 1. The molecule has 2 aromatic carbocycles. The van der Waals surface area contributed by atoms with Gasteiger partial charge in [-0.3, -0.25) is 62.7 Å². The van der Waals surface area contributed by atoms with Gasteiger partial charge in [0, 0.05) is 31.8 Å². The molecule has 9 amide bonds. The fourth-order valence-electron chi connectivity index (χ4n) is 8.72. The molecule has 1 aliphatic rings. The molecular weight excluding hydrogens is 1170 g/mol. The first-order valence-electron chi connectivity index (χ1n) is 27.1. The van der Waals surface area contributed by atoms with Gasteiger partial charge < -0.3 is 96.4 Å². The van der Waals surface area contributed by atoms with E-state index in [2.05, 4.69) is 47.2 Å². The van der Waals surface area contributed by atoms with Crippen molar-refractivity contribution < 1.29 is 87.5 Å². The van der Waals surface area contributed by atoms with Gasteiger partial charge in [-0.15, -0.1) is 0 Å². The fourth-order valence-corrected chi connectivity index (χ4v) is 9.19. The molecule has 34 heteroatoms. The smallest absolute Gasteiger partial charge is 0.407 e. The van der Waals surface area contributed by atoms with Crippen LogP contribution in [0.1, 0.15) is 94.6 Å². The average molecular weight is 1240 g/mol. The Morgan fingerprint density at radius 1 is 0.494 bits per heavy atom. The second-order valence-corrected chi connectivity index (χ2v) is 20.8. The third-order valence-electron chi connectivity index (χ3n) is 13.1. The number of thioether (sulfide) groups is 1. The van der Waals surface area contributed by atoms with Crippen molar-refractivity contribution in [3.63, 3.8) is 0 Å². The Hall–Kier alpha value is -9.76. The van der Waals surface area contributed by atoms with E-state index in [1.54, 1.807) is 6.26 Å². The zero-order valence-corrected chi connectivity index (χ0v) is 48.4. The lowest BCUT2D eigenvalue weighted by Crippen LogP contribution is -2.60. The van der Waals surface area contributed by atoms with Crippen LogP contribution >= 0.6 is 11.8 Å². The van der Waals surface area contributed by atoms with Crippen LogP contribution in [0.25, 0.3) is 11.1 Å². The summed E-state index contributed by atoms with van der Waals surface area (Å²) in [7, 11) is 0. The molecule has 476 valence electrons. The first-order valence-corrected chi connectivity index (χ1v) is 28.5. The number of amides is 9. The van der Waals surface area contributed by atoms with Crippen LogP contribution < -0.4 is 71.2 Å². The molecule has 2 aromatic rings. The highest BCUT2D eigenvalue weighted by atomic mass is 32.2. The Bertz CT molecular complexity index is 2840. The summed E-state index contributed by atoms with van der Waals surface area (Å²) < 4.78 is 5.50. The van der Waals surface area contributed by atoms with Crippen LogP contribution in [0.3, 0.4) is 0 Å². The number of fused-ring (bicyclic) bond motifs is 3. The van der Waals surface area contributed by atoms with Gasteiger partial charge in [0.15, 0.2) is 11.9 Å². The Morgan fingerprint density at radius 3 is 1.30 bits per heavy atom. The monoisotopic (exact) mass is 1240 g/mol. The van der Waals surface area contributed by atoms with Gasteiger partial charge in [-0.1, -0.05) is 48.5 Å². The second kappa shape index (κ2) is 36.2. The van der Waals surface area contributed by atoms with E-state index in [9.17, 15) is 77.6 Å². The molecule has 8 atom stereocenters. The predicted molar refractivity (Wildman–Crippen MR) is 311 cm³/mol. The van der Waals surface area contributed by atoms with Crippen LogP contribution in [0, 0.1) is 0 Å².